The molecule has 0 spiro atoms. The Labute approximate surface area is 121 Å². The number of carbonyl (C=O) groups excluding carboxylic acids is 1. The molecular formula is C11H14BN7O2. The van der Waals surface area contributed by atoms with Crippen molar-refractivity contribution in [2.75, 3.05) is 4.92 Å². The lowest BCUT2D eigenvalue weighted by Crippen LogP contribution is -2.44. The number of rotatable bonds is 2. The van der Waals surface area contributed by atoms with Gasteiger partial charge in [0.25, 0.3) is 0 Å². The van der Waals surface area contributed by atoms with E-state index < -0.39 is 11.7 Å². The van der Waals surface area contributed by atoms with E-state index in [9.17, 15) is 4.79 Å². The number of carbonyl (C=O) groups is 1. The Morgan fingerprint density at radius 1 is 1.52 bits per heavy atom. The molecule has 2 aromatic heterocycles. The van der Waals surface area contributed by atoms with Crippen molar-refractivity contribution in [3.05, 3.63) is 12.2 Å². The zero-order valence-corrected chi connectivity index (χ0v) is 12.1. The van der Waals surface area contributed by atoms with Crippen molar-refractivity contribution in [1.29, 1.82) is 5.26 Å². The minimum atomic E-state index is -0.634. The molecule has 0 radical (unpaired) electrons. The SMILES string of the molecule is BN(NC(=O)OC(C)(C)C)c1nc(C#N)nc2[nH]cnc12. The average molecular weight is 287 g/mol. The van der Waals surface area contributed by atoms with E-state index in [-0.39, 0.29) is 5.82 Å². The quantitative estimate of drug-likeness (QED) is 0.590. The van der Waals surface area contributed by atoms with Crippen LogP contribution in [0.2, 0.25) is 0 Å². The van der Waals surface area contributed by atoms with E-state index in [1.54, 1.807) is 28.8 Å². The van der Waals surface area contributed by atoms with E-state index in [1.165, 1.54) is 11.2 Å². The number of nitrogens with one attached hydrogen (secondary N) is 2. The van der Waals surface area contributed by atoms with Crippen molar-refractivity contribution in [3.63, 3.8) is 0 Å². The number of nitriles is 1. The molecule has 2 aromatic rings. The van der Waals surface area contributed by atoms with Crippen molar-refractivity contribution in [2.45, 2.75) is 26.4 Å². The second-order valence-electron chi connectivity index (χ2n) is 5.26. The fraction of sp³-hybridized carbons (Fsp3) is 0.364. The number of amides is 1. The molecule has 0 aliphatic rings. The van der Waals surface area contributed by atoms with Gasteiger partial charge >= 0.3 is 6.09 Å². The molecule has 0 saturated carbocycles. The van der Waals surface area contributed by atoms with E-state index in [4.69, 9.17) is 10.00 Å². The molecule has 0 saturated heterocycles. The minimum absolute atomic E-state index is 0.0282. The smallest absolute Gasteiger partial charge is 0.425 e. The summed E-state index contributed by atoms with van der Waals surface area (Å²) in [6.45, 7) is 5.28. The van der Waals surface area contributed by atoms with Gasteiger partial charge in [0.2, 0.25) is 13.8 Å². The number of H-pyrrole nitrogens is 1. The molecule has 108 valence electrons. The first-order valence-electron chi connectivity index (χ1n) is 6.15. The van der Waals surface area contributed by atoms with E-state index in [0.29, 0.717) is 17.0 Å². The third kappa shape index (κ3) is 3.39. The highest BCUT2D eigenvalue weighted by Gasteiger charge is 2.19. The lowest BCUT2D eigenvalue weighted by molar-refractivity contribution is 0.0531. The molecule has 0 atom stereocenters. The number of ether oxygens (including phenoxy) is 1. The highest BCUT2D eigenvalue weighted by Crippen LogP contribution is 2.18. The molecule has 2 rings (SSSR count). The van der Waals surface area contributed by atoms with Crippen molar-refractivity contribution in [2.24, 2.45) is 0 Å². The van der Waals surface area contributed by atoms with Gasteiger partial charge in [-0.1, -0.05) is 0 Å². The molecule has 21 heavy (non-hydrogen) atoms. The van der Waals surface area contributed by atoms with Gasteiger partial charge in [-0.15, -0.1) is 0 Å². The largest absolute Gasteiger partial charge is 0.443 e. The number of fused-ring (bicyclic) bond motifs is 1. The maximum absolute atomic E-state index is 11.8. The van der Waals surface area contributed by atoms with Crippen LogP contribution in [0.25, 0.3) is 11.2 Å². The molecular weight excluding hydrogens is 273 g/mol. The first-order valence-corrected chi connectivity index (χ1v) is 6.15. The first-order chi connectivity index (χ1) is 9.80. The summed E-state index contributed by atoms with van der Waals surface area (Å²) in [6, 6.07) is 1.86. The van der Waals surface area contributed by atoms with Gasteiger partial charge in [0.05, 0.1) is 6.33 Å². The third-order valence-electron chi connectivity index (χ3n) is 2.34. The van der Waals surface area contributed by atoms with Crippen LogP contribution in [0.3, 0.4) is 0 Å². The molecule has 2 heterocycles. The van der Waals surface area contributed by atoms with Crippen molar-refractivity contribution in [1.82, 2.24) is 25.4 Å². The lowest BCUT2D eigenvalue weighted by atomic mass is 10.2. The van der Waals surface area contributed by atoms with Gasteiger partial charge in [0.15, 0.2) is 17.0 Å². The summed E-state index contributed by atoms with van der Waals surface area (Å²) < 4.78 is 5.15. The van der Waals surface area contributed by atoms with Gasteiger partial charge in [-0.3, -0.25) is 0 Å². The second-order valence-corrected chi connectivity index (χ2v) is 5.26. The van der Waals surface area contributed by atoms with Crippen LogP contribution in [-0.2, 0) is 4.74 Å². The monoisotopic (exact) mass is 287 g/mol. The van der Waals surface area contributed by atoms with Crippen LogP contribution in [0.15, 0.2) is 6.33 Å². The van der Waals surface area contributed by atoms with Crippen LogP contribution in [0.5, 0.6) is 0 Å². The molecule has 0 bridgehead atoms. The standard InChI is InChI=1S/C11H14BN7O2/c1-11(2,3)21-10(20)18-19(12)9-7-8(15-5-14-7)16-6(4-13)17-9/h5H,12H2,1-3H3,(H,18,20)(H,14,15,16,17). The van der Waals surface area contributed by atoms with Gasteiger partial charge in [-0.25, -0.2) is 15.2 Å². The number of anilines is 1. The molecule has 10 heteroatoms. The van der Waals surface area contributed by atoms with E-state index in [2.05, 4.69) is 25.4 Å². The van der Waals surface area contributed by atoms with Crippen LogP contribution in [0.1, 0.15) is 26.6 Å². The van der Waals surface area contributed by atoms with Gasteiger partial charge in [0.1, 0.15) is 11.7 Å². The summed E-state index contributed by atoms with van der Waals surface area (Å²) in [5.74, 6) is 0.267. The predicted octanol–water partition coefficient (Wildman–Crippen LogP) is 0.0188. The van der Waals surface area contributed by atoms with Gasteiger partial charge in [0, 0.05) is 0 Å². The number of hydrogen-bond acceptors (Lipinski definition) is 7. The minimum Gasteiger partial charge on any atom is -0.443 e. The summed E-state index contributed by atoms with van der Waals surface area (Å²) in [4.78, 5) is 28.0. The van der Waals surface area contributed by atoms with E-state index >= 15 is 0 Å². The molecule has 0 aromatic carbocycles. The van der Waals surface area contributed by atoms with Crippen LogP contribution in [-0.4, -0.2) is 39.6 Å². The number of aromatic amines is 1. The number of hydrazine groups is 1. The first kappa shape index (κ1) is 14.6. The highest BCUT2D eigenvalue weighted by atomic mass is 16.6. The fourth-order valence-corrected chi connectivity index (χ4v) is 1.60. The molecule has 0 unspecified atom stereocenters. The predicted molar refractivity (Wildman–Crippen MR) is 76.8 cm³/mol. The molecule has 0 aliphatic carbocycles. The van der Waals surface area contributed by atoms with Crippen molar-refractivity contribution in [3.8, 4) is 6.07 Å². The summed E-state index contributed by atoms with van der Waals surface area (Å²) in [5.41, 5.74) is 2.74. The normalized spacial score (nSPS) is 11.0. The Hall–Kier alpha value is -2.83. The summed E-state index contributed by atoms with van der Waals surface area (Å²) in [6.07, 6.45) is 0.802. The fourth-order valence-electron chi connectivity index (χ4n) is 1.60. The number of nitrogens with zero attached hydrogens (tertiary/aromatic N) is 5. The maximum Gasteiger partial charge on any atom is 0.425 e. The van der Waals surface area contributed by atoms with Gasteiger partial charge < -0.3 is 14.6 Å². The van der Waals surface area contributed by atoms with Gasteiger partial charge in [-0.2, -0.15) is 15.2 Å². The average Bonchev–Trinajstić information content (AvgIpc) is 2.82. The molecule has 0 aliphatic heterocycles. The Bertz CT molecular complexity index is 715. The summed E-state index contributed by atoms with van der Waals surface area (Å²) >= 11 is 0. The van der Waals surface area contributed by atoms with Crippen LogP contribution >= 0.6 is 0 Å². The zero-order chi connectivity index (χ0) is 15.6. The highest BCUT2D eigenvalue weighted by molar-refractivity contribution is 6.19. The maximum atomic E-state index is 11.8. The van der Waals surface area contributed by atoms with E-state index in [1.807, 2.05) is 6.07 Å². The number of hydrogen-bond donors (Lipinski definition) is 2. The second kappa shape index (κ2) is 5.28. The Balaban J connectivity index is 2.27. The topological polar surface area (TPSA) is 120 Å². The molecule has 1 amide bonds. The van der Waals surface area contributed by atoms with Gasteiger partial charge in [-0.05, 0) is 20.8 Å². The Morgan fingerprint density at radius 2 is 2.24 bits per heavy atom. The molecule has 9 nitrogen and oxygen atoms in total. The summed E-state index contributed by atoms with van der Waals surface area (Å²) in [5, 5.41) is 8.94. The van der Waals surface area contributed by atoms with Crippen LogP contribution < -0.4 is 10.3 Å². The van der Waals surface area contributed by atoms with Crippen molar-refractivity contribution < 1.29 is 9.53 Å². The van der Waals surface area contributed by atoms with Crippen LogP contribution in [0, 0.1) is 11.3 Å². The Morgan fingerprint density at radius 3 is 2.86 bits per heavy atom. The summed E-state index contributed by atoms with van der Waals surface area (Å²) in [7, 11) is 1.57. The van der Waals surface area contributed by atoms with Crippen LogP contribution in [0.4, 0.5) is 10.6 Å². The number of aromatic nitrogens is 4. The molecule has 2 N–H and O–H groups in total. The molecule has 0 fully saturated rings. The third-order valence-corrected chi connectivity index (χ3v) is 2.34. The zero-order valence-electron chi connectivity index (χ0n) is 12.1. The Kier molecular flexibility index (Phi) is 3.67. The lowest BCUT2D eigenvalue weighted by Gasteiger charge is -2.24. The van der Waals surface area contributed by atoms with Crippen molar-refractivity contribution >= 4 is 31.1 Å². The van der Waals surface area contributed by atoms with E-state index in [0.717, 1.165) is 0 Å². The number of imidazole rings is 1.